The summed E-state index contributed by atoms with van der Waals surface area (Å²) in [4.78, 5) is 23.0. The smallest absolute Gasteiger partial charge is 0.305 e. The van der Waals surface area contributed by atoms with Crippen LogP contribution in [0.3, 0.4) is 0 Å². The molecule has 0 amide bonds. The number of hydrogen-bond acceptors (Lipinski definition) is 3. The van der Waals surface area contributed by atoms with Crippen LogP contribution in [0.5, 0.6) is 0 Å². The Hall–Kier alpha value is -2.42. The molecule has 2 aromatic carbocycles. The van der Waals surface area contributed by atoms with Gasteiger partial charge in [-0.05, 0) is 17.5 Å². The summed E-state index contributed by atoms with van der Waals surface area (Å²) in [6.45, 7) is 0. The van der Waals surface area contributed by atoms with Crippen LogP contribution in [0.1, 0.15) is 29.6 Å². The first-order valence-electron chi connectivity index (χ1n) is 6.96. The van der Waals surface area contributed by atoms with Crippen LogP contribution in [-0.4, -0.2) is 18.9 Å². The van der Waals surface area contributed by atoms with Crippen molar-refractivity contribution in [1.82, 2.24) is 0 Å². The fourth-order valence-electron chi connectivity index (χ4n) is 2.12. The standard InChI is InChI=1S/C18H18O3/c1-21-18(20)9-5-8-17(19)16-12-10-15(11-13-16)14-6-3-2-4-7-14/h2-4,6-7,10-13H,5,8-9H2,1H3. The third kappa shape index (κ3) is 4.28. The molecule has 0 heterocycles. The van der Waals surface area contributed by atoms with Gasteiger partial charge in [-0.3, -0.25) is 9.59 Å². The van der Waals surface area contributed by atoms with Crippen LogP contribution < -0.4 is 0 Å². The molecule has 2 rings (SSSR count). The van der Waals surface area contributed by atoms with Crippen LogP contribution in [0.2, 0.25) is 0 Å². The van der Waals surface area contributed by atoms with Crippen LogP contribution >= 0.6 is 0 Å². The van der Waals surface area contributed by atoms with E-state index in [2.05, 4.69) is 4.74 Å². The van der Waals surface area contributed by atoms with Gasteiger partial charge in [-0.1, -0.05) is 54.6 Å². The van der Waals surface area contributed by atoms with Crippen LogP contribution in [0.4, 0.5) is 0 Å². The molecule has 0 aliphatic carbocycles. The second-order valence-corrected chi connectivity index (χ2v) is 4.80. The molecule has 0 atom stereocenters. The van der Waals surface area contributed by atoms with Gasteiger partial charge in [-0.25, -0.2) is 0 Å². The van der Waals surface area contributed by atoms with Gasteiger partial charge < -0.3 is 4.74 Å². The molecule has 0 N–H and O–H groups in total. The molecule has 0 aliphatic heterocycles. The molecule has 0 saturated carbocycles. The monoisotopic (exact) mass is 282 g/mol. The molecule has 0 bridgehead atoms. The first-order chi connectivity index (χ1) is 10.2. The van der Waals surface area contributed by atoms with E-state index < -0.39 is 0 Å². The Morgan fingerprint density at radius 3 is 2.10 bits per heavy atom. The lowest BCUT2D eigenvalue weighted by Gasteiger charge is -2.04. The first-order valence-corrected chi connectivity index (χ1v) is 6.96. The second-order valence-electron chi connectivity index (χ2n) is 4.80. The zero-order valence-electron chi connectivity index (χ0n) is 12.0. The minimum atomic E-state index is -0.276. The van der Waals surface area contributed by atoms with Crippen LogP contribution in [0.25, 0.3) is 11.1 Å². The van der Waals surface area contributed by atoms with Crippen LogP contribution in [0.15, 0.2) is 54.6 Å². The van der Waals surface area contributed by atoms with Crippen molar-refractivity contribution in [1.29, 1.82) is 0 Å². The Bertz CT molecular complexity index is 600. The summed E-state index contributed by atoms with van der Waals surface area (Å²) in [7, 11) is 1.35. The van der Waals surface area contributed by atoms with Crippen molar-refractivity contribution in [3.8, 4) is 11.1 Å². The average molecular weight is 282 g/mol. The van der Waals surface area contributed by atoms with Crippen molar-refractivity contribution in [2.24, 2.45) is 0 Å². The van der Waals surface area contributed by atoms with E-state index in [4.69, 9.17) is 0 Å². The number of carbonyl (C=O) groups is 2. The number of carbonyl (C=O) groups excluding carboxylic acids is 2. The lowest BCUT2D eigenvalue weighted by atomic mass is 10.0. The zero-order chi connectivity index (χ0) is 15.1. The highest BCUT2D eigenvalue weighted by Gasteiger charge is 2.08. The highest BCUT2D eigenvalue weighted by molar-refractivity contribution is 5.96. The minimum absolute atomic E-state index is 0.0542. The van der Waals surface area contributed by atoms with Gasteiger partial charge in [0.2, 0.25) is 0 Å². The lowest BCUT2D eigenvalue weighted by molar-refractivity contribution is -0.140. The largest absolute Gasteiger partial charge is 0.469 e. The molecule has 0 spiro atoms. The molecule has 0 radical (unpaired) electrons. The maximum Gasteiger partial charge on any atom is 0.305 e. The summed E-state index contributed by atoms with van der Waals surface area (Å²) in [5.74, 6) is -0.222. The number of rotatable bonds is 6. The maximum atomic E-state index is 12.0. The predicted octanol–water partition coefficient (Wildman–Crippen LogP) is 3.88. The number of benzene rings is 2. The minimum Gasteiger partial charge on any atom is -0.469 e. The number of ketones is 1. The van der Waals surface area contributed by atoms with E-state index in [0.29, 0.717) is 18.4 Å². The maximum absolute atomic E-state index is 12.0. The van der Waals surface area contributed by atoms with Gasteiger partial charge in [0.1, 0.15) is 0 Å². The molecule has 3 nitrogen and oxygen atoms in total. The highest BCUT2D eigenvalue weighted by atomic mass is 16.5. The van der Waals surface area contributed by atoms with E-state index in [1.165, 1.54) is 7.11 Å². The summed E-state index contributed by atoms with van der Waals surface area (Å²) in [6, 6.07) is 17.6. The normalized spacial score (nSPS) is 10.1. The zero-order valence-corrected chi connectivity index (χ0v) is 12.0. The number of methoxy groups -OCH3 is 1. The summed E-state index contributed by atoms with van der Waals surface area (Å²) >= 11 is 0. The molecule has 3 heteroatoms. The molecule has 2 aromatic rings. The molecule has 108 valence electrons. The summed E-state index contributed by atoms with van der Waals surface area (Å²) in [5, 5.41) is 0. The fraction of sp³-hybridized carbons (Fsp3) is 0.222. The molecular weight excluding hydrogens is 264 g/mol. The number of ether oxygens (including phenoxy) is 1. The van der Waals surface area contributed by atoms with Crippen molar-refractivity contribution in [2.75, 3.05) is 7.11 Å². The summed E-state index contributed by atoms with van der Waals surface area (Å²) in [6.07, 6.45) is 1.16. The van der Waals surface area contributed by atoms with Crippen molar-refractivity contribution >= 4 is 11.8 Å². The molecule has 0 saturated heterocycles. The third-order valence-electron chi connectivity index (χ3n) is 3.33. The van der Waals surface area contributed by atoms with Gasteiger partial charge in [0.15, 0.2) is 5.78 Å². The molecule has 0 aliphatic rings. The predicted molar refractivity (Wildman–Crippen MR) is 82.1 cm³/mol. The Morgan fingerprint density at radius 2 is 1.48 bits per heavy atom. The number of hydrogen-bond donors (Lipinski definition) is 0. The van der Waals surface area contributed by atoms with Gasteiger partial charge in [0.25, 0.3) is 0 Å². The van der Waals surface area contributed by atoms with E-state index in [-0.39, 0.29) is 18.2 Å². The van der Waals surface area contributed by atoms with Gasteiger partial charge >= 0.3 is 5.97 Å². The molecule has 21 heavy (non-hydrogen) atoms. The molecule has 0 aromatic heterocycles. The average Bonchev–Trinajstić information content (AvgIpc) is 2.55. The summed E-state index contributed by atoms with van der Waals surface area (Å²) in [5.41, 5.74) is 2.89. The fourth-order valence-corrected chi connectivity index (χ4v) is 2.12. The van der Waals surface area contributed by atoms with Gasteiger partial charge in [-0.2, -0.15) is 0 Å². The van der Waals surface area contributed by atoms with E-state index >= 15 is 0 Å². The van der Waals surface area contributed by atoms with Gasteiger partial charge in [-0.15, -0.1) is 0 Å². The topological polar surface area (TPSA) is 43.4 Å². The third-order valence-corrected chi connectivity index (χ3v) is 3.33. The Labute approximate surface area is 124 Å². The van der Waals surface area contributed by atoms with Gasteiger partial charge in [0, 0.05) is 18.4 Å². The Kier molecular flexibility index (Phi) is 5.27. The van der Waals surface area contributed by atoms with E-state index in [1.807, 2.05) is 54.6 Å². The quantitative estimate of drug-likeness (QED) is 0.596. The van der Waals surface area contributed by atoms with Gasteiger partial charge in [0.05, 0.1) is 7.11 Å². The van der Waals surface area contributed by atoms with E-state index in [1.54, 1.807) is 0 Å². The number of Topliss-reactive ketones (excluding diaryl/α,β-unsaturated/α-hetero) is 1. The second kappa shape index (κ2) is 7.39. The number of esters is 1. The van der Waals surface area contributed by atoms with Crippen LogP contribution in [0, 0.1) is 0 Å². The van der Waals surface area contributed by atoms with E-state index in [0.717, 1.165) is 11.1 Å². The molecular formula is C18H18O3. The molecule has 0 fully saturated rings. The van der Waals surface area contributed by atoms with Crippen molar-refractivity contribution in [3.05, 3.63) is 60.2 Å². The van der Waals surface area contributed by atoms with Crippen LogP contribution in [-0.2, 0) is 9.53 Å². The lowest BCUT2D eigenvalue weighted by Crippen LogP contribution is -2.03. The van der Waals surface area contributed by atoms with Crippen molar-refractivity contribution in [2.45, 2.75) is 19.3 Å². The highest BCUT2D eigenvalue weighted by Crippen LogP contribution is 2.20. The SMILES string of the molecule is COC(=O)CCCC(=O)c1ccc(-c2ccccc2)cc1. The van der Waals surface area contributed by atoms with Crippen molar-refractivity contribution in [3.63, 3.8) is 0 Å². The Morgan fingerprint density at radius 1 is 0.857 bits per heavy atom. The summed E-state index contributed by atoms with van der Waals surface area (Å²) < 4.78 is 4.55. The Balaban J connectivity index is 1.96. The van der Waals surface area contributed by atoms with Crippen molar-refractivity contribution < 1.29 is 14.3 Å². The first kappa shape index (κ1) is 15.0. The van der Waals surface area contributed by atoms with E-state index in [9.17, 15) is 9.59 Å². The molecule has 0 unspecified atom stereocenters.